The van der Waals surface area contributed by atoms with Gasteiger partial charge >= 0.3 is 0 Å². The van der Waals surface area contributed by atoms with Gasteiger partial charge in [0.25, 0.3) is 5.91 Å². The van der Waals surface area contributed by atoms with Crippen LogP contribution in [0.2, 0.25) is 0 Å². The number of halogens is 1. The molecule has 1 atom stereocenters. The van der Waals surface area contributed by atoms with Crippen molar-refractivity contribution in [2.45, 2.75) is 19.4 Å². The Kier molecular flexibility index (Phi) is 4.85. The second-order valence-electron chi connectivity index (χ2n) is 6.32. The van der Waals surface area contributed by atoms with Crippen LogP contribution >= 0.6 is 15.9 Å². The summed E-state index contributed by atoms with van der Waals surface area (Å²) in [6.07, 6.45) is 3.75. The van der Waals surface area contributed by atoms with Gasteiger partial charge in [0.1, 0.15) is 23.3 Å². The Hall–Kier alpha value is -2.80. The standard InChI is InChI=1S/C20H18BrN3O3/c1-13-10-14(6-7-15(13)21)22-12-20(25)24-17(19-5-3-9-27-19)11-16(23-24)18-4-2-8-26-18/h2-10,17,22H,11-12H2,1H3. The van der Waals surface area contributed by atoms with Crippen molar-refractivity contribution in [3.8, 4) is 0 Å². The predicted molar refractivity (Wildman–Crippen MR) is 106 cm³/mol. The number of carbonyl (C=O) groups is 1. The lowest BCUT2D eigenvalue weighted by Gasteiger charge is -2.20. The van der Waals surface area contributed by atoms with Crippen molar-refractivity contribution >= 4 is 33.2 Å². The van der Waals surface area contributed by atoms with E-state index < -0.39 is 0 Å². The highest BCUT2D eigenvalue weighted by Gasteiger charge is 2.35. The van der Waals surface area contributed by atoms with E-state index in [2.05, 4.69) is 26.3 Å². The van der Waals surface area contributed by atoms with Gasteiger partial charge in [-0.3, -0.25) is 4.79 Å². The van der Waals surface area contributed by atoms with Crippen molar-refractivity contribution < 1.29 is 13.6 Å². The highest BCUT2D eigenvalue weighted by Crippen LogP contribution is 2.33. The number of hydrazone groups is 1. The summed E-state index contributed by atoms with van der Waals surface area (Å²) in [6, 6.07) is 12.9. The molecule has 0 aliphatic carbocycles. The minimum atomic E-state index is -0.277. The highest BCUT2D eigenvalue weighted by molar-refractivity contribution is 9.10. The molecule has 1 aromatic carbocycles. The molecule has 1 amide bonds. The second-order valence-corrected chi connectivity index (χ2v) is 7.17. The van der Waals surface area contributed by atoms with Crippen molar-refractivity contribution in [1.29, 1.82) is 0 Å². The largest absolute Gasteiger partial charge is 0.467 e. The number of hydrogen-bond acceptors (Lipinski definition) is 5. The lowest BCUT2D eigenvalue weighted by atomic mass is 10.1. The van der Waals surface area contributed by atoms with Crippen LogP contribution in [0.25, 0.3) is 0 Å². The van der Waals surface area contributed by atoms with Gasteiger partial charge in [0.15, 0.2) is 0 Å². The Balaban J connectivity index is 1.52. The molecule has 138 valence electrons. The number of nitrogens with zero attached hydrogens (tertiary/aromatic N) is 2. The lowest BCUT2D eigenvalue weighted by molar-refractivity contribution is -0.131. The zero-order valence-corrected chi connectivity index (χ0v) is 16.3. The maximum absolute atomic E-state index is 12.9. The topological polar surface area (TPSA) is 71.0 Å². The fourth-order valence-corrected chi connectivity index (χ4v) is 3.29. The number of nitrogens with one attached hydrogen (secondary N) is 1. The summed E-state index contributed by atoms with van der Waals surface area (Å²) in [4.78, 5) is 12.9. The van der Waals surface area contributed by atoms with Crippen LogP contribution in [0, 0.1) is 6.92 Å². The molecule has 0 bridgehead atoms. The van der Waals surface area contributed by atoms with Gasteiger partial charge in [-0.05, 0) is 55.0 Å². The van der Waals surface area contributed by atoms with E-state index in [4.69, 9.17) is 8.83 Å². The molecule has 6 nitrogen and oxygen atoms in total. The first-order chi connectivity index (χ1) is 13.1. The molecular formula is C20H18BrN3O3. The van der Waals surface area contributed by atoms with Crippen LogP contribution in [-0.4, -0.2) is 23.2 Å². The minimum absolute atomic E-state index is 0.132. The molecular weight excluding hydrogens is 410 g/mol. The van der Waals surface area contributed by atoms with Crippen LogP contribution in [-0.2, 0) is 4.79 Å². The maximum Gasteiger partial charge on any atom is 0.262 e. The monoisotopic (exact) mass is 427 g/mol. The maximum atomic E-state index is 12.9. The SMILES string of the molecule is Cc1cc(NCC(=O)N2N=C(c3ccco3)CC2c2ccco2)ccc1Br. The van der Waals surface area contributed by atoms with Gasteiger partial charge in [0.05, 0.1) is 19.1 Å². The van der Waals surface area contributed by atoms with Gasteiger partial charge in [0, 0.05) is 16.6 Å². The normalized spacial score (nSPS) is 16.4. The fraction of sp³-hybridized carbons (Fsp3) is 0.200. The van der Waals surface area contributed by atoms with Crippen molar-refractivity contribution in [3.63, 3.8) is 0 Å². The Morgan fingerprint density at radius 1 is 1.26 bits per heavy atom. The van der Waals surface area contributed by atoms with Crippen LogP contribution in [0.15, 0.2) is 73.4 Å². The number of carbonyl (C=O) groups excluding carboxylic acids is 1. The fourth-order valence-electron chi connectivity index (χ4n) is 3.05. The summed E-state index contributed by atoms with van der Waals surface area (Å²) in [6.45, 7) is 2.14. The molecule has 1 aliphatic heterocycles. The molecule has 1 aliphatic rings. The Labute approximate surface area is 165 Å². The minimum Gasteiger partial charge on any atom is -0.467 e. The van der Waals surface area contributed by atoms with E-state index in [1.165, 1.54) is 5.01 Å². The number of benzene rings is 1. The Bertz CT molecular complexity index is 965. The molecule has 2 aromatic heterocycles. The smallest absolute Gasteiger partial charge is 0.262 e. The zero-order chi connectivity index (χ0) is 18.8. The third kappa shape index (κ3) is 3.68. The molecule has 0 spiro atoms. The van der Waals surface area contributed by atoms with Crippen LogP contribution in [0.5, 0.6) is 0 Å². The summed E-state index contributed by atoms with van der Waals surface area (Å²) in [5.41, 5.74) is 2.71. The predicted octanol–water partition coefficient (Wildman–Crippen LogP) is 4.73. The summed E-state index contributed by atoms with van der Waals surface area (Å²) < 4.78 is 12.0. The number of anilines is 1. The molecule has 0 saturated heterocycles. The average Bonchev–Trinajstić information content (AvgIpc) is 3.41. The second kappa shape index (κ2) is 7.44. The number of hydrogen-bond donors (Lipinski definition) is 1. The van der Waals surface area contributed by atoms with Gasteiger partial charge < -0.3 is 14.2 Å². The summed E-state index contributed by atoms with van der Waals surface area (Å²) in [7, 11) is 0. The van der Waals surface area contributed by atoms with Crippen molar-refractivity contribution in [3.05, 3.63) is 76.5 Å². The van der Waals surface area contributed by atoms with E-state index >= 15 is 0 Å². The first-order valence-electron chi connectivity index (χ1n) is 8.58. The molecule has 0 fully saturated rings. The lowest BCUT2D eigenvalue weighted by Crippen LogP contribution is -2.32. The highest BCUT2D eigenvalue weighted by atomic mass is 79.9. The summed E-state index contributed by atoms with van der Waals surface area (Å²) >= 11 is 3.48. The molecule has 1 N–H and O–H groups in total. The first-order valence-corrected chi connectivity index (χ1v) is 9.38. The number of amides is 1. The van der Waals surface area contributed by atoms with Gasteiger partial charge in [-0.15, -0.1) is 0 Å². The third-order valence-corrected chi connectivity index (χ3v) is 5.33. The van der Waals surface area contributed by atoms with Gasteiger partial charge in [-0.2, -0.15) is 5.10 Å². The molecule has 7 heteroatoms. The molecule has 27 heavy (non-hydrogen) atoms. The van der Waals surface area contributed by atoms with Crippen LogP contribution in [0.1, 0.15) is 29.5 Å². The number of rotatable bonds is 5. The van der Waals surface area contributed by atoms with Crippen molar-refractivity contribution in [2.75, 3.05) is 11.9 Å². The van der Waals surface area contributed by atoms with E-state index in [1.807, 2.05) is 49.4 Å². The van der Waals surface area contributed by atoms with Crippen LogP contribution in [0.4, 0.5) is 5.69 Å². The molecule has 3 heterocycles. The quantitative estimate of drug-likeness (QED) is 0.638. The number of aryl methyl sites for hydroxylation is 1. The Morgan fingerprint density at radius 2 is 2.07 bits per heavy atom. The van der Waals surface area contributed by atoms with Crippen LogP contribution < -0.4 is 5.32 Å². The zero-order valence-electron chi connectivity index (χ0n) is 14.7. The van der Waals surface area contributed by atoms with Crippen LogP contribution in [0.3, 0.4) is 0 Å². The van der Waals surface area contributed by atoms with Gasteiger partial charge in [-0.1, -0.05) is 15.9 Å². The Morgan fingerprint density at radius 3 is 2.78 bits per heavy atom. The first kappa shape index (κ1) is 17.6. The molecule has 0 radical (unpaired) electrons. The molecule has 3 aromatic rings. The molecule has 0 saturated carbocycles. The van der Waals surface area contributed by atoms with E-state index in [0.717, 1.165) is 21.4 Å². The van der Waals surface area contributed by atoms with Crippen molar-refractivity contribution in [1.82, 2.24) is 5.01 Å². The van der Waals surface area contributed by atoms with Gasteiger partial charge in [-0.25, -0.2) is 5.01 Å². The van der Waals surface area contributed by atoms with E-state index in [1.54, 1.807) is 12.5 Å². The summed E-state index contributed by atoms with van der Waals surface area (Å²) in [5.74, 6) is 1.23. The van der Waals surface area contributed by atoms with E-state index in [-0.39, 0.29) is 18.5 Å². The average molecular weight is 428 g/mol. The van der Waals surface area contributed by atoms with E-state index in [0.29, 0.717) is 17.9 Å². The molecule has 4 rings (SSSR count). The van der Waals surface area contributed by atoms with E-state index in [9.17, 15) is 4.79 Å². The number of furan rings is 2. The summed E-state index contributed by atoms with van der Waals surface area (Å²) in [5, 5.41) is 9.16. The third-order valence-electron chi connectivity index (χ3n) is 4.44. The van der Waals surface area contributed by atoms with Crippen molar-refractivity contribution in [2.24, 2.45) is 5.10 Å². The van der Waals surface area contributed by atoms with Gasteiger partial charge in [0.2, 0.25) is 0 Å². The molecule has 1 unspecified atom stereocenters.